The molecule has 0 amide bonds. The summed E-state index contributed by atoms with van der Waals surface area (Å²) in [6, 6.07) is 0. The van der Waals surface area contributed by atoms with Crippen LogP contribution >= 0.6 is 0 Å². The molecular weight excluding hydrogens is 598 g/mol. The molecule has 0 aromatic rings. The fraction of sp³-hybridized carbons (Fsp3) is 0.659. The van der Waals surface area contributed by atoms with Gasteiger partial charge >= 0.3 is 0 Å². The van der Waals surface area contributed by atoms with Crippen molar-refractivity contribution in [3.8, 4) is 0 Å². The number of carbonyl (C=O) groups excluding carboxylic acids is 1. The van der Waals surface area contributed by atoms with Crippen molar-refractivity contribution in [1.29, 1.82) is 0 Å². The molecule has 264 valence electrons. The number of aliphatic hydroxyl groups excluding tert-OH is 1. The quantitative estimate of drug-likeness (QED) is 0.161. The van der Waals surface area contributed by atoms with Crippen LogP contribution < -0.4 is 10.6 Å². The van der Waals surface area contributed by atoms with Gasteiger partial charge in [0.05, 0.1) is 23.9 Å². The number of Topliss-reactive ketones (excluding diaryl/α,β-unsaturated/α-hetero) is 1. The summed E-state index contributed by atoms with van der Waals surface area (Å²) >= 11 is 0. The zero-order valence-corrected chi connectivity index (χ0v) is 30.6. The molecule has 7 nitrogen and oxygen atoms in total. The lowest BCUT2D eigenvalue weighted by molar-refractivity contribution is -0.118. The van der Waals surface area contributed by atoms with Crippen LogP contribution in [0.2, 0.25) is 0 Å². The lowest BCUT2D eigenvalue weighted by atomic mass is 9.70. The van der Waals surface area contributed by atoms with E-state index >= 15 is 0 Å². The second kappa shape index (κ2) is 15.8. The van der Waals surface area contributed by atoms with E-state index in [-0.39, 0.29) is 34.9 Å². The summed E-state index contributed by atoms with van der Waals surface area (Å²) in [5.41, 5.74) is 2.73. The van der Waals surface area contributed by atoms with E-state index < -0.39 is 18.1 Å². The van der Waals surface area contributed by atoms with Crippen LogP contribution in [0.5, 0.6) is 0 Å². The van der Waals surface area contributed by atoms with Crippen molar-refractivity contribution in [2.45, 2.75) is 137 Å². The maximum Gasteiger partial charge on any atom is 0.228 e. The van der Waals surface area contributed by atoms with Crippen LogP contribution in [0.1, 0.15) is 119 Å². The Hall–Kier alpha value is -2.90. The Morgan fingerprint density at radius 3 is 2.60 bits per heavy atom. The van der Waals surface area contributed by atoms with Crippen molar-refractivity contribution in [3.05, 3.63) is 70.8 Å². The minimum atomic E-state index is -0.690. The molecule has 6 unspecified atom stereocenters. The highest BCUT2D eigenvalue weighted by atomic mass is 16.5. The van der Waals surface area contributed by atoms with Gasteiger partial charge in [0.15, 0.2) is 5.78 Å². The van der Waals surface area contributed by atoms with Crippen molar-refractivity contribution in [3.63, 3.8) is 0 Å². The topological polar surface area (TPSA) is 92.2 Å². The number of fused-ring (bicyclic) bond motifs is 2. The number of amidine groups is 1. The molecule has 0 aromatic heterocycles. The Morgan fingerprint density at radius 2 is 1.88 bits per heavy atom. The molecule has 0 spiro atoms. The molecule has 0 saturated heterocycles. The van der Waals surface area contributed by atoms with E-state index in [1.807, 2.05) is 0 Å². The van der Waals surface area contributed by atoms with E-state index in [4.69, 9.17) is 14.5 Å². The molecule has 0 aromatic carbocycles. The van der Waals surface area contributed by atoms with Crippen LogP contribution in [0.4, 0.5) is 0 Å². The van der Waals surface area contributed by atoms with E-state index in [2.05, 4.69) is 95.6 Å². The average molecular weight is 660 g/mol. The summed E-state index contributed by atoms with van der Waals surface area (Å²) in [7, 11) is 0. The molecule has 48 heavy (non-hydrogen) atoms. The van der Waals surface area contributed by atoms with E-state index in [1.54, 1.807) is 6.08 Å². The number of unbranched alkanes of at least 4 members (excludes halogenated alkanes) is 1. The first kappa shape index (κ1) is 36.4. The van der Waals surface area contributed by atoms with Gasteiger partial charge in [-0.3, -0.25) is 4.79 Å². The van der Waals surface area contributed by atoms with Crippen molar-refractivity contribution >= 4 is 11.6 Å². The maximum atomic E-state index is 13.7. The first-order chi connectivity index (χ1) is 22.9. The number of nitrogens with zero attached hydrogens (tertiary/aromatic N) is 1. The zero-order valence-electron chi connectivity index (χ0n) is 30.6. The summed E-state index contributed by atoms with van der Waals surface area (Å²) in [4.78, 5) is 18.8. The third-order valence-electron chi connectivity index (χ3n) is 10.8. The smallest absolute Gasteiger partial charge is 0.228 e. The summed E-state index contributed by atoms with van der Waals surface area (Å²) in [6.07, 6.45) is 24.9. The maximum absolute atomic E-state index is 13.7. The number of ether oxygens (including phenoxy) is 2. The van der Waals surface area contributed by atoms with Crippen LogP contribution in [-0.4, -0.2) is 41.4 Å². The number of hydrogen-bond acceptors (Lipinski definition) is 7. The Balaban J connectivity index is 1.39. The number of carbonyl (C=O) groups is 1. The molecule has 0 saturated carbocycles. The highest BCUT2D eigenvalue weighted by Gasteiger charge is 2.38. The summed E-state index contributed by atoms with van der Waals surface area (Å²) in [6.45, 7) is 16.0. The normalized spacial score (nSPS) is 29.5. The molecule has 3 N–H and O–H groups in total. The molecule has 5 aliphatic rings. The number of allylic oxidation sites excluding steroid dienone is 9. The first-order valence-corrected chi connectivity index (χ1v) is 18.8. The highest BCUT2D eigenvalue weighted by molar-refractivity contribution is 6.02. The second-order valence-corrected chi connectivity index (χ2v) is 16.1. The van der Waals surface area contributed by atoms with Crippen LogP contribution in [-0.2, 0) is 14.3 Å². The van der Waals surface area contributed by atoms with E-state index in [9.17, 15) is 9.90 Å². The Morgan fingerprint density at radius 1 is 1.06 bits per heavy atom. The number of aliphatic hydroxyl groups is 1. The predicted molar refractivity (Wildman–Crippen MR) is 195 cm³/mol. The third kappa shape index (κ3) is 9.20. The number of rotatable bonds is 14. The van der Waals surface area contributed by atoms with Gasteiger partial charge in [-0.25, -0.2) is 4.99 Å². The monoisotopic (exact) mass is 659 g/mol. The van der Waals surface area contributed by atoms with Gasteiger partial charge in [-0.15, -0.1) is 0 Å². The first-order valence-electron chi connectivity index (χ1n) is 18.8. The molecule has 5 rings (SSSR count). The van der Waals surface area contributed by atoms with Crippen LogP contribution in [0.15, 0.2) is 75.8 Å². The van der Waals surface area contributed by atoms with Gasteiger partial charge in [-0.2, -0.15) is 0 Å². The zero-order chi connectivity index (χ0) is 34.5. The van der Waals surface area contributed by atoms with E-state index in [0.717, 1.165) is 63.6 Å². The largest absolute Gasteiger partial charge is 0.507 e. The molecule has 0 fully saturated rings. The van der Waals surface area contributed by atoms with Gasteiger partial charge in [-0.1, -0.05) is 96.8 Å². The van der Waals surface area contributed by atoms with Crippen LogP contribution in [0.3, 0.4) is 0 Å². The minimum Gasteiger partial charge on any atom is -0.507 e. The molecule has 1 heterocycles. The molecular formula is C41H61N3O4. The van der Waals surface area contributed by atoms with Crippen LogP contribution in [0, 0.1) is 29.1 Å². The van der Waals surface area contributed by atoms with Crippen molar-refractivity contribution in [1.82, 2.24) is 10.6 Å². The lowest BCUT2D eigenvalue weighted by Crippen LogP contribution is -2.51. The Kier molecular flexibility index (Phi) is 11.9. The van der Waals surface area contributed by atoms with Gasteiger partial charge in [0.25, 0.3) is 0 Å². The lowest BCUT2D eigenvalue weighted by Gasteiger charge is -2.40. The number of nitrogens with one attached hydrogen (secondary N) is 2. The third-order valence-corrected chi connectivity index (χ3v) is 10.8. The summed E-state index contributed by atoms with van der Waals surface area (Å²) in [5, 5.41) is 18.2. The fourth-order valence-electron chi connectivity index (χ4n) is 8.54. The molecule has 0 radical (unpaired) electrons. The molecule has 6 atom stereocenters. The molecule has 0 bridgehead atoms. The van der Waals surface area contributed by atoms with Crippen molar-refractivity contribution in [2.24, 2.45) is 34.1 Å². The average Bonchev–Trinajstić information content (AvgIpc) is 3.02. The number of ketones is 1. The van der Waals surface area contributed by atoms with Gasteiger partial charge < -0.3 is 25.2 Å². The SMILES string of the molecule is CCCCC(CC)COC1C=C(O)C(=C2NC(C3CC=C4C=C5C=CC=CC5CC4C3)=NC(OC(C)(C)CC(C)(C)CCC)N2)C(=O)C1. The summed E-state index contributed by atoms with van der Waals surface area (Å²) in [5.74, 6) is 2.60. The van der Waals surface area contributed by atoms with Gasteiger partial charge in [0.2, 0.25) is 6.35 Å². The van der Waals surface area contributed by atoms with Gasteiger partial charge in [0, 0.05) is 18.3 Å². The molecule has 7 heteroatoms. The van der Waals surface area contributed by atoms with Crippen molar-refractivity contribution in [2.75, 3.05) is 6.61 Å². The predicted octanol–water partition coefficient (Wildman–Crippen LogP) is 9.13. The Labute approximate surface area is 289 Å². The Bertz CT molecular complexity index is 1390. The molecule has 1 aliphatic heterocycles. The van der Waals surface area contributed by atoms with Gasteiger partial charge in [-0.05, 0) is 86.8 Å². The number of hydrogen-bond donors (Lipinski definition) is 3. The van der Waals surface area contributed by atoms with E-state index in [1.165, 1.54) is 17.6 Å². The fourth-order valence-corrected chi connectivity index (χ4v) is 8.54. The van der Waals surface area contributed by atoms with Crippen molar-refractivity contribution < 1.29 is 19.4 Å². The highest BCUT2D eigenvalue weighted by Crippen LogP contribution is 2.43. The van der Waals surface area contributed by atoms with E-state index in [0.29, 0.717) is 30.2 Å². The minimum absolute atomic E-state index is 0.0518. The summed E-state index contributed by atoms with van der Waals surface area (Å²) < 4.78 is 12.9. The van der Waals surface area contributed by atoms with Crippen LogP contribution in [0.25, 0.3) is 0 Å². The number of aliphatic imine (C=N–C) groups is 1. The standard InChI is InChI=1S/C41H61N3O4/c1-8-11-14-27(10-3)25-47-33-23-34(45)36(35(46)24-33)38-42-37(43-39(44-38)48-41(6,7)26-40(4,5)19-9-2)31-18-17-30-20-28-15-12-13-16-29(28)21-32(30)22-31/h12-13,15-17,20,23,27,29,31-33,39,44-45H,8-11,14,18-19,21-22,24-26H2,1-7H3,(H,42,43). The second-order valence-electron chi connectivity index (χ2n) is 16.1. The van der Waals surface area contributed by atoms with Gasteiger partial charge in [0.1, 0.15) is 17.4 Å². The molecule has 4 aliphatic carbocycles.